The molecule has 0 aliphatic carbocycles. The number of ether oxygens (including phenoxy) is 3. The fourth-order valence-corrected chi connectivity index (χ4v) is 2.44. The third kappa shape index (κ3) is 6.44. The number of esters is 3. The maximum Gasteiger partial charge on any atom is 0.416 e. The van der Waals surface area contributed by atoms with Crippen molar-refractivity contribution < 1.29 is 51.7 Å². The minimum Gasteiger partial charge on any atom is -0.469 e. The lowest BCUT2D eigenvalue weighted by molar-refractivity contribution is -0.159. The topological polar surface area (TPSA) is 128 Å². The zero-order chi connectivity index (χ0) is 23.1. The molecule has 0 saturated heterocycles. The summed E-state index contributed by atoms with van der Waals surface area (Å²) in [5, 5.41) is 12.2. The van der Waals surface area contributed by atoms with Crippen LogP contribution in [0.4, 0.5) is 13.2 Å². The molecule has 9 nitrogen and oxygen atoms in total. The van der Waals surface area contributed by atoms with Crippen LogP contribution in [0.1, 0.15) is 23.7 Å². The van der Waals surface area contributed by atoms with E-state index in [9.17, 15) is 37.5 Å². The summed E-state index contributed by atoms with van der Waals surface area (Å²) in [5.74, 6) is -5.82. The first-order valence-corrected chi connectivity index (χ1v) is 8.34. The summed E-state index contributed by atoms with van der Waals surface area (Å²) in [4.78, 5) is 48.1. The van der Waals surface area contributed by atoms with Gasteiger partial charge in [-0.25, -0.2) is 4.79 Å². The lowest BCUT2D eigenvalue weighted by atomic mass is 9.95. The molecule has 12 heteroatoms. The number of alkyl halides is 3. The van der Waals surface area contributed by atoms with Gasteiger partial charge < -0.3 is 24.6 Å². The molecule has 0 unspecified atom stereocenters. The minimum absolute atomic E-state index is 0.202. The Balaban J connectivity index is 3.10. The molecule has 0 spiro atoms. The number of aliphatic hydroxyl groups is 1. The van der Waals surface area contributed by atoms with E-state index in [0.717, 1.165) is 33.5 Å². The summed E-state index contributed by atoms with van der Waals surface area (Å²) in [6.07, 6.45) is -7.24. The average Bonchev–Trinajstić information content (AvgIpc) is 2.73. The van der Waals surface area contributed by atoms with Crippen molar-refractivity contribution >= 4 is 23.8 Å². The molecule has 2 N–H and O–H groups in total. The van der Waals surface area contributed by atoms with Crippen LogP contribution in [0.15, 0.2) is 24.3 Å². The zero-order valence-electron chi connectivity index (χ0n) is 16.2. The SMILES string of the molecule is COC(=O)C[C@H](C(=O)OC)[C@H](NC(=O)[C@H](O)c1ccc(C(F)(F)F)cc1)C(=O)OC. The fourth-order valence-electron chi connectivity index (χ4n) is 2.44. The normalized spacial score (nSPS) is 14.1. The smallest absolute Gasteiger partial charge is 0.416 e. The van der Waals surface area contributed by atoms with E-state index >= 15 is 0 Å². The molecule has 1 aromatic rings. The molecule has 1 rings (SSSR count). The van der Waals surface area contributed by atoms with Gasteiger partial charge >= 0.3 is 24.1 Å². The van der Waals surface area contributed by atoms with E-state index in [1.165, 1.54) is 0 Å². The van der Waals surface area contributed by atoms with Crippen LogP contribution in [0, 0.1) is 5.92 Å². The first kappa shape index (κ1) is 24.9. The Labute approximate surface area is 169 Å². The van der Waals surface area contributed by atoms with Crippen molar-refractivity contribution in [3.63, 3.8) is 0 Å². The highest BCUT2D eigenvalue weighted by molar-refractivity contribution is 5.92. The molecule has 1 aromatic carbocycles. The van der Waals surface area contributed by atoms with Gasteiger partial charge in [-0.3, -0.25) is 14.4 Å². The maximum absolute atomic E-state index is 12.6. The van der Waals surface area contributed by atoms with Gasteiger partial charge in [-0.05, 0) is 17.7 Å². The molecular formula is C18H20F3NO8. The summed E-state index contributed by atoms with van der Waals surface area (Å²) >= 11 is 0. The molecule has 0 aromatic heterocycles. The zero-order valence-corrected chi connectivity index (χ0v) is 16.2. The van der Waals surface area contributed by atoms with Crippen molar-refractivity contribution in [2.24, 2.45) is 5.92 Å². The Kier molecular flexibility index (Phi) is 8.77. The van der Waals surface area contributed by atoms with E-state index in [0.29, 0.717) is 12.1 Å². The van der Waals surface area contributed by atoms with E-state index in [1.54, 1.807) is 0 Å². The third-order valence-corrected chi connectivity index (χ3v) is 4.08. The molecule has 0 saturated carbocycles. The van der Waals surface area contributed by atoms with E-state index in [4.69, 9.17) is 0 Å². The monoisotopic (exact) mass is 435 g/mol. The number of hydrogen-bond donors (Lipinski definition) is 2. The number of halogens is 3. The number of benzene rings is 1. The van der Waals surface area contributed by atoms with Gasteiger partial charge in [-0.15, -0.1) is 0 Å². The molecule has 0 fully saturated rings. The molecule has 30 heavy (non-hydrogen) atoms. The summed E-state index contributed by atoms with van der Waals surface area (Å²) < 4.78 is 51.4. The number of carbonyl (C=O) groups excluding carboxylic acids is 4. The van der Waals surface area contributed by atoms with Gasteiger partial charge in [0, 0.05) is 0 Å². The predicted molar refractivity (Wildman–Crippen MR) is 92.5 cm³/mol. The quantitative estimate of drug-likeness (QED) is 0.452. The Morgan fingerprint density at radius 1 is 0.967 bits per heavy atom. The number of aliphatic hydroxyl groups excluding tert-OH is 1. The maximum atomic E-state index is 12.6. The van der Waals surface area contributed by atoms with Gasteiger partial charge in [0.1, 0.15) is 6.04 Å². The lowest BCUT2D eigenvalue weighted by Crippen LogP contribution is -2.51. The molecule has 0 aliphatic heterocycles. The fraction of sp³-hybridized carbons (Fsp3) is 0.444. The van der Waals surface area contributed by atoms with Crippen molar-refractivity contribution in [1.82, 2.24) is 5.32 Å². The van der Waals surface area contributed by atoms with E-state index < -0.39 is 60.0 Å². The van der Waals surface area contributed by atoms with Crippen molar-refractivity contribution in [3.8, 4) is 0 Å². The number of methoxy groups -OCH3 is 3. The Morgan fingerprint density at radius 2 is 1.50 bits per heavy atom. The van der Waals surface area contributed by atoms with Crippen LogP contribution in [0.5, 0.6) is 0 Å². The first-order valence-electron chi connectivity index (χ1n) is 8.34. The molecule has 0 bridgehead atoms. The molecular weight excluding hydrogens is 415 g/mol. The van der Waals surface area contributed by atoms with Crippen LogP contribution in [0.2, 0.25) is 0 Å². The largest absolute Gasteiger partial charge is 0.469 e. The number of amides is 1. The molecule has 0 aliphatic rings. The standard InChI is InChI=1S/C18H20F3NO8/c1-28-12(23)8-11(16(26)29-2)13(17(27)30-3)22-15(25)14(24)9-4-6-10(7-5-9)18(19,20)21/h4-7,11,13-14,24H,8H2,1-3H3,(H,22,25)/t11-,13-,14+/m0/s1. The molecule has 3 atom stereocenters. The third-order valence-electron chi connectivity index (χ3n) is 4.08. The van der Waals surface area contributed by atoms with Crippen LogP contribution in [0.3, 0.4) is 0 Å². The highest BCUT2D eigenvalue weighted by Gasteiger charge is 2.39. The Hall–Kier alpha value is -3.15. The summed E-state index contributed by atoms with van der Waals surface area (Å²) in [5.41, 5.74) is -1.19. The second-order valence-corrected chi connectivity index (χ2v) is 5.94. The van der Waals surface area contributed by atoms with Crippen molar-refractivity contribution in [3.05, 3.63) is 35.4 Å². The van der Waals surface area contributed by atoms with Crippen LogP contribution in [-0.2, 0) is 39.6 Å². The van der Waals surface area contributed by atoms with E-state index in [-0.39, 0.29) is 5.56 Å². The molecule has 0 radical (unpaired) electrons. The number of carbonyl (C=O) groups is 4. The summed E-state index contributed by atoms with van der Waals surface area (Å²) in [6, 6.07) is 1.35. The second kappa shape index (κ2) is 10.6. The number of hydrogen-bond acceptors (Lipinski definition) is 8. The van der Waals surface area contributed by atoms with Gasteiger partial charge in [0.15, 0.2) is 6.10 Å². The highest BCUT2D eigenvalue weighted by atomic mass is 19.4. The van der Waals surface area contributed by atoms with E-state index in [1.807, 2.05) is 0 Å². The van der Waals surface area contributed by atoms with Gasteiger partial charge in [0.05, 0.1) is 39.2 Å². The predicted octanol–water partition coefficient (Wildman–Crippen LogP) is 0.749. The van der Waals surface area contributed by atoms with Gasteiger partial charge in [0.25, 0.3) is 5.91 Å². The highest BCUT2D eigenvalue weighted by Crippen LogP contribution is 2.30. The molecule has 166 valence electrons. The van der Waals surface area contributed by atoms with Crippen LogP contribution in [0.25, 0.3) is 0 Å². The number of nitrogens with one attached hydrogen (secondary N) is 1. The first-order chi connectivity index (χ1) is 14.0. The van der Waals surface area contributed by atoms with Crippen molar-refractivity contribution in [2.45, 2.75) is 24.7 Å². The Morgan fingerprint density at radius 3 is 1.93 bits per heavy atom. The van der Waals surface area contributed by atoms with E-state index in [2.05, 4.69) is 19.5 Å². The molecule has 0 heterocycles. The van der Waals surface area contributed by atoms with Crippen LogP contribution < -0.4 is 5.32 Å². The molecule has 1 amide bonds. The van der Waals surface area contributed by atoms with Crippen molar-refractivity contribution in [1.29, 1.82) is 0 Å². The van der Waals surface area contributed by atoms with Crippen LogP contribution >= 0.6 is 0 Å². The van der Waals surface area contributed by atoms with Gasteiger partial charge in [-0.2, -0.15) is 13.2 Å². The average molecular weight is 435 g/mol. The number of rotatable bonds is 8. The van der Waals surface area contributed by atoms with Crippen LogP contribution in [-0.4, -0.2) is 56.3 Å². The summed E-state index contributed by atoms with van der Waals surface area (Å²) in [6.45, 7) is 0. The summed E-state index contributed by atoms with van der Waals surface area (Å²) in [7, 11) is 2.98. The minimum atomic E-state index is -4.61. The second-order valence-electron chi connectivity index (χ2n) is 5.94. The van der Waals surface area contributed by atoms with Crippen molar-refractivity contribution in [2.75, 3.05) is 21.3 Å². The Bertz CT molecular complexity index is 779. The van der Waals surface area contributed by atoms with Gasteiger partial charge in [-0.1, -0.05) is 12.1 Å². The van der Waals surface area contributed by atoms with Gasteiger partial charge in [0.2, 0.25) is 0 Å². The lowest BCUT2D eigenvalue weighted by Gasteiger charge is -2.24.